The van der Waals surface area contributed by atoms with E-state index >= 15 is 0 Å². The molecule has 1 heterocycles. The lowest BCUT2D eigenvalue weighted by molar-refractivity contribution is -0.194. The fourth-order valence-corrected chi connectivity index (χ4v) is 3.97. The number of nitrogens with one attached hydrogen (secondary N) is 1. The van der Waals surface area contributed by atoms with Crippen LogP contribution in [-0.4, -0.2) is 58.3 Å². The quantitative estimate of drug-likeness (QED) is 0.297. The molecular formula is C27H27NO8. The van der Waals surface area contributed by atoms with Gasteiger partial charge in [0.25, 0.3) is 0 Å². The molecule has 4 N–H and O–H groups in total. The molecule has 3 aromatic rings. The van der Waals surface area contributed by atoms with Crippen LogP contribution in [0.5, 0.6) is 17.2 Å². The third-order valence-corrected chi connectivity index (χ3v) is 5.75. The Morgan fingerprint density at radius 2 is 1.58 bits per heavy atom. The average Bonchev–Trinajstić information content (AvgIpc) is 3.29. The number of aliphatic hydroxyl groups is 1. The SMILES string of the molecule is CC(Cc1ccc2c(c1-c1ccccc1)OC(C(=O)O)(C(=O)O)O2)NCC(O)COc1ccccc1. The number of carboxylic acid groups (broad SMARTS) is 2. The first-order chi connectivity index (χ1) is 17.3. The van der Waals surface area contributed by atoms with Crippen molar-refractivity contribution in [1.29, 1.82) is 0 Å². The molecular weight excluding hydrogens is 466 g/mol. The van der Waals surface area contributed by atoms with Gasteiger partial charge >= 0.3 is 17.7 Å². The van der Waals surface area contributed by atoms with Gasteiger partial charge in [0, 0.05) is 18.2 Å². The van der Waals surface area contributed by atoms with Crippen molar-refractivity contribution < 1.29 is 39.1 Å². The minimum Gasteiger partial charge on any atom is -0.491 e. The Bertz CT molecular complexity index is 1200. The molecule has 1 aliphatic heterocycles. The van der Waals surface area contributed by atoms with Crippen molar-refractivity contribution in [2.75, 3.05) is 13.2 Å². The minimum atomic E-state index is -2.85. The lowest BCUT2D eigenvalue weighted by atomic mass is 9.94. The summed E-state index contributed by atoms with van der Waals surface area (Å²) in [4.78, 5) is 23.5. The van der Waals surface area contributed by atoms with E-state index in [9.17, 15) is 24.9 Å². The van der Waals surface area contributed by atoms with Gasteiger partial charge in [-0.2, -0.15) is 0 Å². The number of aliphatic hydroxyl groups excluding tert-OH is 1. The van der Waals surface area contributed by atoms with Gasteiger partial charge in [-0.15, -0.1) is 0 Å². The van der Waals surface area contributed by atoms with E-state index in [1.54, 1.807) is 6.07 Å². The number of carbonyl (C=O) groups is 2. The summed E-state index contributed by atoms with van der Waals surface area (Å²) in [5.74, 6) is -5.58. The number of hydrogen-bond acceptors (Lipinski definition) is 7. The molecule has 188 valence electrons. The van der Waals surface area contributed by atoms with E-state index in [1.807, 2.05) is 67.6 Å². The summed E-state index contributed by atoms with van der Waals surface area (Å²) < 4.78 is 16.4. The molecule has 3 aromatic carbocycles. The van der Waals surface area contributed by atoms with E-state index in [0.717, 1.165) is 11.1 Å². The predicted octanol–water partition coefficient (Wildman–Crippen LogP) is 2.95. The van der Waals surface area contributed by atoms with Crippen molar-refractivity contribution in [3.8, 4) is 28.4 Å². The van der Waals surface area contributed by atoms with Crippen LogP contribution >= 0.6 is 0 Å². The highest BCUT2D eigenvalue weighted by molar-refractivity contribution is 6.02. The number of benzene rings is 3. The highest BCUT2D eigenvalue weighted by atomic mass is 16.8. The summed E-state index contributed by atoms with van der Waals surface area (Å²) in [5.41, 5.74) is 2.08. The third-order valence-electron chi connectivity index (χ3n) is 5.75. The standard InChI is InChI=1S/C27H27NO8/c1-17(28-15-20(29)16-34-21-10-6-3-7-11-21)14-19-12-13-22-24(23(19)18-8-4-2-5-9-18)36-27(35-22,25(30)31)26(32)33/h2-13,17,20,28-29H,14-16H2,1H3,(H,30,31)(H,32,33). The number of rotatable bonds is 11. The zero-order chi connectivity index (χ0) is 25.7. The van der Waals surface area contributed by atoms with Gasteiger partial charge < -0.3 is 34.8 Å². The molecule has 0 aromatic heterocycles. The van der Waals surface area contributed by atoms with Gasteiger partial charge in [-0.1, -0.05) is 54.6 Å². The molecule has 0 fully saturated rings. The number of hydrogen-bond donors (Lipinski definition) is 4. The van der Waals surface area contributed by atoms with Gasteiger partial charge in [-0.05, 0) is 42.7 Å². The average molecular weight is 494 g/mol. The van der Waals surface area contributed by atoms with Gasteiger partial charge in [0.2, 0.25) is 0 Å². The van der Waals surface area contributed by atoms with Crippen LogP contribution in [0.4, 0.5) is 0 Å². The smallest absolute Gasteiger partial charge is 0.453 e. The van der Waals surface area contributed by atoms with Crippen LogP contribution in [0.2, 0.25) is 0 Å². The Kier molecular flexibility index (Phi) is 7.42. The van der Waals surface area contributed by atoms with Gasteiger partial charge in [0.15, 0.2) is 11.5 Å². The van der Waals surface area contributed by atoms with Crippen molar-refractivity contribution in [1.82, 2.24) is 5.32 Å². The van der Waals surface area contributed by atoms with E-state index in [0.29, 0.717) is 24.3 Å². The Morgan fingerprint density at radius 1 is 0.944 bits per heavy atom. The lowest BCUT2D eigenvalue weighted by Gasteiger charge is -2.20. The molecule has 2 atom stereocenters. The maximum Gasteiger partial charge on any atom is 0.453 e. The van der Waals surface area contributed by atoms with Gasteiger partial charge in [-0.25, -0.2) is 9.59 Å². The van der Waals surface area contributed by atoms with E-state index in [-0.39, 0.29) is 24.1 Å². The van der Waals surface area contributed by atoms with Crippen LogP contribution in [-0.2, 0) is 16.0 Å². The Hall–Kier alpha value is -4.08. The minimum absolute atomic E-state index is 0.0384. The van der Waals surface area contributed by atoms with Crippen LogP contribution in [0, 0.1) is 0 Å². The molecule has 0 amide bonds. The number of ether oxygens (including phenoxy) is 3. The van der Waals surface area contributed by atoms with Crippen molar-refractivity contribution in [2.45, 2.75) is 31.3 Å². The number of fused-ring (bicyclic) bond motifs is 1. The largest absolute Gasteiger partial charge is 0.491 e. The maximum absolute atomic E-state index is 11.8. The van der Waals surface area contributed by atoms with Crippen LogP contribution in [0.15, 0.2) is 72.8 Å². The van der Waals surface area contributed by atoms with Gasteiger partial charge in [0.1, 0.15) is 18.5 Å². The van der Waals surface area contributed by atoms with Crippen molar-refractivity contribution in [3.05, 3.63) is 78.4 Å². The summed E-state index contributed by atoms with van der Waals surface area (Å²) in [5, 5.41) is 32.7. The second-order valence-electron chi connectivity index (χ2n) is 8.52. The number of carboxylic acids is 2. The number of aliphatic carboxylic acids is 2. The first kappa shape index (κ1) is 25.0. The summed E-state index contributed by atoms with van der Waals surface area (Å²) in [6.07, 6.45) is -0.245. The van der Waals surface area contributed by atoms with Crippen LogP contribution in [0.3, 0.4) is 0 Å². The summed E-state index contributed by atoms with van der Waals surface area (Å²) in [6, 6.07) is 21.5. The predicted molar refractivity (Wildman–Crippen MR) is 130 cm³/mol. The fourth-order valence-electron chi connectivity index (χ4n) is 3.97. The normalized spacial score (nSPS) is 15.2. The zero-order valence-corrected chi connectivity index (χ0v) is 19.6. The number of para-hydroxylation sites is 1. The Morgan fingerprint density at radius 3 is 2.22 bits per heavy atom. The fraction of sp³-hybridized carbons (Fsp3) is 0.259. The Balaban J connectivity index is 1.50. The van der Waals surface area contributed by atoms with Crippen molar-refractivity contribution in [3.63, 3.8) is 0 Å². The Labute approximate surface area is 207 Å². The molecule has 0 saturated carbocycles. The first-order valence-corrected chi connectivity index (χ1v) is 11.5. The molecule has 0 saturated heterocycles. The molecule has 1 aliphatic rings. The summed E-state index contributed by atoms with van der Waals surface area (Å²) in [7, 11) is 0. The van der Waals surface area contributed by atoms with Crippen molar-refractivity contribution in [2.24, 2.45) is 0 Å². The van der Waals surface area contributed by atoms with Crippen LogP contribution in [0.25, 0.3) is 11.1 Å². The molecule has 9 nitrogen and oxygen atoms in total. The van der Waals surface area contributed by atoms with Crippen molar-refractivity contribution >= 4 is 11.9 Å². The monoisotopic (exact) mass is 493 g/mol. The molecule has 9 heteroatoms. The highest BCUT2D eigenvalue weighted by Gasteiger charge is 2.58. The molecule has 2 unspecified atom stereocenters. The second-order valence-corrected chi connectivity index (χ2v) is 8.52. The van der Waals surface area contributed by atoms with E-state index in [1.165, 1.54) is 6.07 Å². The maximum atomic E-state index is 11.8. The summed E-state index contributed by atoms with van der Waals surface area (Å²) >= 11 is 0. The molecule has 0 spiro atoms. The third kappa shape index (κ3) is 5.27. The molecule has 36 heavy (non-hydrogen) atoms. The highest BCUT2D eigenvalue weighted by Crippen LogP contribution is 2.48. The van der Waals surface area contributed by atoms with E-state index in [2.05, 4.69) is 5.32 Å². The lowest BCUT2D eigenvalue weighted by Crippen LogP contribution is -2.54. The summed E-state index contributed by atoms with van der Waals surface area (Å²) in [6.45, 7) is 2.37. The van der Waals surface area contributed by atoms with Crippen LogP contribution < -0.4 is 19.5 Å². The molecule has 0 bridgehead atoms. The van der Waals surface area contributed by atoms with E-state index < -0.39 is 23.8 Å². The zero-order valence-electron chi connectivity index (χ0n) is 19.6. The van der Waals surface area contributed by atoms with Gasteiger partial charge in [0.05, 0.1) is 0 Å². The first-order valence-electron chi connectivity index (χ1n) is 11.5. The molecule has 4 rings (SSSR count). The second kappa shape index (κ2) is 10.7. The van der Waals surface area contributed by atoms with Gasteiger partial charge in [-0.3, -0.25) is 0 Å². The van der Waals surface area contributed by atoms with Crippen LogP contribution in [0.1, 0.15) is 12.5 Å². The van der Waals surface area contributed by atoms with E-state index in [4.69, 9.17) is 14.2 Å². The molecule has 0 aliphatic carbocycles. The topological polar surface area (TPSA) is 135 Å². The molecule has 0 radical (unpaired) electrons.